The van der Waals surface area contributed by atoms with Crippen LogP contribution < -0.4 is 14.8 Å². The number of anilines is 1. The summed E-state index contributed by atoms with van der Waals surface area (Å²) < 4.78 is 35.1. The summed E-state index contributed by atoms with van der Waals surface area (Å²) in [5, 5.41) is 10.8. The Morgan fingerprint density at radius 1 is 1.04 bits per heavy atom. The van der Waals surface area contributed by atoms with Gasteiger partial charge in [-0.3, -0.25) is 10.1 Å². The van der Waals surface area contributed by atoms with Crippen LogP contribution in [0.15, 0.2) is 53.4 Å². The molecule has 0 fully saturated rings. The fourth-order valence-corrected chi connectivity index (χ4v) is 4.74. The minimum Gasteiger partial charge on any atom is -0.493 e. The molecule has 0 aliphatic heterocycles. The number of nitrogens with one attached hydrogen (secondary N) is 1. The molecule has 0 unspecified atom stereocenters. The molecule has 0 spiro atoms. The summed E-state index contributed by atoms with van der Waals surface area (Å²) in [4.78, 5) is 12.6. The third-order valence-electron chi connectivity index (χ3n) is 3.75. The van der Waals surface area contributed by atoms with Crippen molar-refractivity contribution in [2.24, 2.45) is 0 Å². The van der Waals surface area contributed by atoms with Gasteiger partial charge in [-0.05, 0) is 30.3 Å². The van der Waals surface area contributed by atoms with Crippen molar-refractivity contribution in [1.29, 1.82) is 0 Å². The molecule has 0 saturated heterocycles. The van der Waals surface area contributed by atoms with Crippen LogP contribution >= 0.6 is 11.3 Å². The fraction of sp³-hybridized carbons (Fsp3) is 0.167. The Bertz CT molecular complexity index is 1080. The van der Waals surface area contributed by atoms with Gasteiger partial charge >= 0.3 is 0 Å². The molecule has 1 amide bonds. The van der Waals surface area contributed by atoms with E-state index < -0.39 is 15.7 Å². The molecule has 3 aromatic rings. The summed E-state index contributed by atoms with van der Waals surface area (Å²) >= 11 is 1.01. The van der Waals surface area contributed by atoms with E-state index in [0.29, 0.717) is 17.1 Å². The Hall–Kier alpha value is -2.98. The molecule has 0 saturated carbocycles. The predicted octanol–water partition coefficient (Wildman–Crippen LogP) is 2.78. The average molecular weight is 419 g/mol. The number of ether oxygens (including phenoxy) is 2. The fourth-order valence-electron chi connectivity index (χ4n) is 2.38. The molecule has 8 nitrogen and oxygen atoms in total. The average Bonchev–Trinajstić information content (AvgIpc) is 3.14. The largest absolute Gasteiger partial charge is 0.493 e. The lowest BCUT2D eigenvalue weighted by atomic mass is 10.2. The van der Waals surface area contributed by atoms with Gasteiger partial charge in [0.1, 0.15) is 10.8 Å². The van der Waals surface area contributed by atoms with Gasteiger partial charge in [-0.25, -0.2) is 8.42 Å². The van der Waals surface area contributed by atoms with Gasteiger partial charge in [0.2, 0.25) is 5.13 Å². The molecular formula is C18H17N3O5S2. The molecule has 3 rings (SSSR count). The number of hydrogen-bond donors (Lipinski definition) is 1. The van der Waals surface area contributed by atoms with Gasteiger partial charge in [-0.1, -0.05) is 29.5 Å². The quantitative estimate of drug-likeness (QED) is 0.627. The van der Waals surface area contributed by atoms with Crippen LogP contribution in [0.25, 0.3) is 0 Å². The number of aromatic nitrogens is 2. The van der Waals surface area contributed by atoms with Crippen molar-refractivity contribution in [3.8, 4) is 11.5 Å². The van der Waals surface area contributed by atoms with Crippen LogP contribution in [0, 0.1) is 0 Å². The Labute approximate surface area is 166 Å². The van der Waals surface area contributed by atoms with Crippen molar-refractivity contribution in [1.82, 2.24) is 10.2 Å². The van der Waals surface area contributed by atoms with Crippen LogP contribution in [0.1, 0.15) is 15.4 Å². The smallest absolute Gasteiger partial charge is 0.257 e. The monoisotopic (exact) mass is 419 g/mol. The third kappa shape index (κ3) is 4.46. The summed E-state index contributed by atoms with van der Waals surface area (Å²) in [5.74, 6) is 0.209. The number of methoxy groups -OCH3 is 2. The lowest BCUT2D eigenvalue weighted by Gasteiger charge is -2.08. The van der Waals surface area contributed by atoms with Crippen molar-refractivity contribution in [3.05, 3.63) is 59.1 Å². The zero-order valence-electron chi connectivity index (χ0n) is 15.1. The maximum Gasteiger partial charge on any atom is 0.257 e. The Morgan fingerprint density at radius 2 is 1.75 bits per heavy atom. The van der Waals surface area contributed by atoms with E-state index in [4.69, 9.17) is 9.47 Å². The van der Waals surface area contributed by atoms with E-state index in [-0.39, 0.29) is 20.8 Å². The molecule has 1 aromatic heterocycles. The van der Waals surface area contributed by atoms with Crippen LogP contribution in [0.4, 0.5) is 5.13 Å². The molecule has 2 aromatic carbocycles. The summed E-state index contributed by atoms with van der Waals surface area (Å²) in [5.41, 5.74) is 0.339. The highest BCUT2D eigenvalue weighted by molar-refractivity contribution is 7.90. The van der Waals surface area contributed by atoms with Gasteiger partial charge < -0.3 is 9.47 Å². The first kappa shape index (κ1) is 19.8. The number of nitrogens with zero attached hydrogens (tertiary/aromatic N) is 2. The van der Waals surface area contributed by atoms with Crippen LogP contribution in [0.2, 0.25) is 0 Å². The van der Waals surface area contributed by atoms with E-state index in [2.05, 4.69) is 15.5 Å². The molecule has 10 heteroatoms. The number of carbonyl (C=O) groups excluding carboxylic acids is 1. The number of sulfone groups is 1. The summed E-state index contributed by atoms with van der Waals surface area (Å²) in [6, 6.07) is 12.8. The van der Waals surface area contributed by atoms with Gasteiger partial charge in [0.15, 0.2) is 21.3 Å². The highest BCUT2D eigenvalue weighted by atomic mass is 32.2. The molecule has 0 atom stereocenters. The second-order valence-corrected chi connectivity index (χ2v) is 8.65. The van der Waals surface area contributed by atoms with E-state index in [1.54, 1.807) is 30.3 Å². The number of hydrogen-bond acceptors (Lipinski definition) is 8. The molecule has 0 aliphatic carbocycles. The molecule has 1 heterocycles. The van der Waals surface area contributed by atoms with Crippen molar-refractivity contribution >= 4 is 32.2 Å². The number of amides is 1. The van der Waals surface area contributed by atoms with Crippen molar-refractivity contribution in [3.63, 3.8) is 0 Å². The Balaban J connectivity index is 1.72. The molecular weight excluding hydrogens is 402 g/mol. The Morgan fingerprint density at radius 3 is 2.43 bits per heavy atom. The normalized spacial score (nSPS) is 11.1. The summed E-state index contributed by atoms with van der Waals surface area (Å²) in [6.45, 7) is 0. The first-order valence-corrected chi connectivity index (χ1v) is 10.5. The maximum absolute atomic E-state index is 12.4. The first-order valence-electron chi connectivity index (χ1n) is 8.06. The second kappa shape index (κ2) is 8.36. The van der Waals surface area contributed by atoms with Gasteiger partial charge in [0, 0.05) is 5.56 Å². The van der Waals surface area contributed by atoms with Gasteiger partial charge in [0.05, 0.1) is 19.1 Å². The van der Waals surface area contributed by atoms with Crippen molar-refractivity contribution in [2.45, 2.75) is 10.6 Å². The Kier molecular flexibility index (Phi) is 5.90. The number of benzene rings is 2. The molecule has 28 heavy (non-hydrogen) atoms. The maximum atomic E-state index is 12.4. The van der Waals surface area contributed by atoms with E-state index in [1.165, 1.54) is 32.4 Å². The van der Waals surface area contributed by atoms with Gasteiger partial charge in [-0.15, -0.1) is 10.2 Å². The highest BCUT2D eigenvalue weighted by Crippen LogP contribution is 2.28. The van der Waals surface area contributed by atoms with Crippen LogP contribution in [-0.2, 0) is 15.6 Å². The summed E-state index contributed by atoms with van der Waals surface area (Å²) in [6.07, 6.45) is 0. The zero-order valence-corrected chi connectivity index (χ0v) is 16.7. The minimum absolute atomic E-state index is 0.207. The van der Waals surface area contributed by atoms with E-state index in [9.17, 15) is 13.2 Å². The standard InChI is InChI=1S/C18H17N3O5S2/c1-25-14-9-8-12(10-15(14)26-2)17(22)19-18-21-20-16(27-18)11-28(23,24)13-6-4-3-5-7-13/h3-10H,11H2,1-2H3,(H,19,21,22). The highest BCUT2D eigenvalue weighted by Gasteiger charge is 2.19. The molecule has 0 aliphatic rings. The van der Waals surface area contributed by atoms with Gasteiger partial charge in [-0.2, -0.15) is 0 Å². The van der Waals surface area contributed by atoms with E-state index in [0.717, 1.165) is 11.3 Å². The van der Waals surface area contributed by atoms with E-state index in [1.807, 2.05) is 0 Å². The minimum atomic E-state index is -3.53. The van der Waals surface area contributed by atoms with Crippen molar-refractivity contribution in [2.75, 3.05) is 19.5 Å². The van der Waals surface area contributed by atoms with Crippen LogP contribution in [0.5, 0.6) is 11.5 Å². The predicted molar refractivity (Wildman–Crippen MR) is 105 cm³/mol. The lowest BCUT2D eigenvalue weighted by Crippen LogP contribution is -2.12. The van der Waals surface area contributed by atoms with Gasteiger partial charge in [0.25, 0.3) is 5.91 Å². The molecule has 146 valence electrons. The van der Waals surface area contributed by atoms with Crippen molar-refractivity contribution < 1.29 is 22.7 Å². The molecule has 0 bridgehead atoms. The molecule has 1 N–H and O–H groups in total. The lowest BCUT2D eigenvalue weighted by molar-refractivity contribution is 0.102. The zero-order chi connectivity index (χ0) is 20.1. The summed E-state index contributed by atoms with van der Waals surface area (Å²) in [7, 11) is -0.553. The van der Waals surface area contributed by atoms with Crippen LogP contribution in [-0.4, -0.2) is 38.7 Å². The number of rotatable bonds is 7. The SMILES string of the molecule is COc1ccc(C(=O)Nc2nnc(CS(=O)(=O)c3ccccc3)s2)cc1OC. The van der Waals surface area contributed by atoms with Crippen LogP contribution in [0.3, 0.4) is 0 Å². The topological polar surface area (TPSA) is 107 Å². The van der Waals surface area contributed by atoms with E-state index >= 15 is 0 Å². The third-order valence-corrected chi connectivity index (χ3v) is 6.41. The first-order chi connectivity index (χ1) is 13.4. The second-order valence-electron chi connectivity index (χ2n) is 5.60. The number of carbonyl (C=O) groups is 1. The molecule has 0 radical (unpaired) electrons.